The third-order valence-corrected chi connectivity index (χ3v) is 5.11. The van der Waals surface area contributed by atoms with E-state index in [2.05, 4.69) is 21.2 Å². The lowest BCUT2D eigenvalue weighted by Crippen LogP contribution is -2.26. The fourth-order valence-electron chi connectivity index (χ4n) is 2.04. The normalized spacial score (nSPS) is 12.7. The van der Waals surface area contributed by atoms with Gasteiger partial charge < -0.3 is 5.32 Å². The average Bonchev–Trinajstić information content (AvgIpc) is 2.46. The molecule has 2 aromatic rings. The molecule has 0 spiro atoms. The third-order valence-electron chi connectivity index (χ3n) is 3.26. The molecule has 22 heavy (non-hydrogen) atoms. The molecule has 0 aliphatic heterocycles. The van der Waals surface area contributed by atoms with Crippen LogP contribution in [-0.2, 0) is 9.84 Å². The third kappa shape index (κ3) is 3.96. The Kier molecular flexibility index (Phi) is 5.03. The van der Waals surface area contributed by atoms with Gasteiger partial charge in [0.05, 0.1) is 10.9 Å². The van der Waals surface area contributed by atoms with Gasteiger partial charge in [-0.05, 0) is 42.8 Å². The second kappa shape index (κ2) is 6.62. The van der Waals surface area contributed by atoms with Gasteiger partial charge in [-0.1, -0.05) is 34.1 Å². The first-order chi connectivity index (χ1) is 10.3. The zero-order valence-electron chi connectivity index (χ0n) is 12.2. The van der Waals surface area contributed by atoms with Crippen molar-refractivity contribution in [1.82, 2.24) is 5.32 Å². The van der Waals surface area contributed by atoms with Crippen LogP contribution in [0.1, 0.15) is 28.9 Å². The summed E-state index contributed by atoms with van der Waals surface area (Å²) in [5.74, 6) is -0.247. The number of carbonyl (C=O) groups excluding carboxylic acids is 1. The van der Waals surface area contributed by atoms with E-state index >= 15 is 0 Å². The predicted octanol–water partition coefficient (Wildman–Crippen LogP) is 3.34. The molecule has 0 saturated carbocycles. The van der Waals surface area contributed by atoms with Gasteiger partial charge in [0.15, 0.2) is 9.84 Å². The number of amides is 1. The van der Waals surface area contributed by atoms with E-state index in [-0.39, 0.29) is 16.8 Å². The Morgan fingerprint density at radius 2 is 1.68 bits per heavy atom. The van der Waals surface area contributed by atoms with Crippen LogP contribution in [-0.4, -0.2) is 20.6 Å². The highest BCUT2D eigenvalue weighted by Crippen LogP contribution is 2.23. The molecule has 0 saturated heterocycles. The number of carbonyl (C=O) groups is 1. The molecule has 2 rings (SSSR count). The maximum Gasteiger partial charge on any atom is 0.251 e. The van der Waals surface area contributed by atoms with Gasteiger partial charge in [-0.15, -0.1) is 0 Å². The first kappa shape index (κ1) is 16.7. The van der Waals surface area contributed by atoms with Crippen LogP contribution >= 0.6 is 15.9 Å². The van der Waals surface area contributed by atoms with Crippen LogP contribution in [0.4, 0.5) is 0 Å². The van der Waals surface area contributed by atoms with E-state index in [0.29, 0.717) is 5.56 Å². The average molecular weight is 382 g/mol. The topological polar surface area (TPSA) is 63.2 Å². The van der Waals surface area contributed by atoms with Gasteiger partial charge in [0.25, 0.3) is 5.91 Å². The highest BCUT2D eigenvalue weighted by atomic mass is 79.9. The van der Waals surface area contributed by atoms with Crippen LogP contribution < -0.4 is 5.32 Å². The van der Waals surface area contributed by atoms with Crippen molar-refractivity contribution in [3.63, 3.8) is 0 Å². The van der Waals surface area contributed by atoms with Crippen molar-refractivity contribution in [1.29, 1.82) is 0 Å². The standard InChI is InChI=1S/C16H16BrNO3S/c1-11(14-5-3-4-6-15(14)17)18-16(19)12-7-9-13(10-8-12)22(2,20)21/h3-11H,1-2H3,(H,18,19). The van der Waals surface area contributed by atoms with Crippen molar-refractivity contribution in [2.24, 2.45) is 0 Å². The molecule has 0 radical (unpaired) electrons. The fourth-order valence-corrected chi connectivity index (χ4v) is 3.30. The van der Waals surface area contributed by atoms with Gasteiger partial charge in [-0.25, -0.2) is 8.42 Å². The van der Waals surface area contributed by atoms with E-state index in [1.165, 1.54) is 24.3 Å². The minimum atomic E-state index is -3.25. The van der Waals surface area contributed by atoms with E-state index in [1.807, 2.05) is 31.2 Å². The number of rotatable bonds is 4. The maximum absolute atomic E-state index is 12.2. The zero-order chi connectivity index (χ0) is 16.3. The summed E-state index contributed by atoms with van der Waals surface area (Å²) >= 11 is 3.46. The Morgan fingerprint density at radius 1 is 1.09 bits per heavy atom. The molecule has 1 unspecified atom stereocenters. The van der Waals surface area contributed by atoms with E-state index in [0.717, 1.165) is 16.3 Å². The van der Waals surface area contributed by atoms with E-state index in [1.54, 1.807) is 0 Å². The molecule has 4 nitrogen and oxygen atoms in total. The molecule has 0 heterocycles. The molecular formula is C16H16BrNO3S. The number of sulfone groups is 1. The van der Waals surface area contributed by atoms with E-state index in [9.17, 15) is 13.2 Å². The molecule has 0 fully saturated rings. The summed E-state index contributed by atoms with van der Waals surface area (Å²) in [5, 5.41) is 2.89. The zero-order valence-corrected chi connectivity index (χ0v) is 14.6. The Labute approximate surface area is 138 Å². The lowest BCUT2D eigenvalue weighted by Gasteiger charge is -2.16. The summed E-state index contributed by atoms with van der Waals surface area (Å²) in [7, 11) is -3.25. The minimum Gasteiger partial charge on any atom is -0.345 e. The van der Waals surface area contributed by atoms with Crippen LogP contribution in [0, 0.1) is 0 Å². The quantitative estimate of drug-likeness (QED) is 0.882. The SMILES string of the molecule is CC(NC(=O)c1ccc(S(C)(=O)=O)cc1)c1ccccc1Br. The van der Waals surface area contributed by atoms with Crippen LogP contribution in [0.15, 0.2) is 57.9 Å². The fraction of sp³-hybridized carbons (Fsp3) is 0.188. The first-order valence-electron chi connectivity index (χ1n) is 6.64. The van der Waals surface area contributed by atoms with E-state index < -0.39 is 9.84 Å². The molecule has 1 atom stereocenters. The smallest absolute Gasteiger partial charge is 0.251 e. The second-order valence-corrected chi connectivity index (χ2v) is 7.88. The largest absolute Gasteiger partial charge is 0.345 e. The monoisotopic (exact) mass is 381 g/mol. The van der Waals surface area contributed by atoms with Crippen LogP contribution in [0.2, 0.25) is 0 Å². The van der Waals surface area contributed by atoms with Crippen LogP contribution in [0.5, 0.6) is 0 Å². The second-order valence-electron chi connectivity index (χ2n) is 5.01. The molecular weight excluding hydrogens is 366 g/mol. The van der Waals surface area contributed by atoms with Crippen molar-refractivity contribution >= 4 is 31.7 Å². The maximum atomic E-state index is 12.2. The Morgan fingerprint density at radius 3 is 2.23 bits per heavy atom. The summed E-state index contributed by atoms with van der Waals surface area (Å²) < 4.78 is 23.7. The molecule has 0 aliphatic rings. The molecule has 1 amide bonds. The Balaban J connectivity index is 2.14. The van der Waals surface area contributed by atoms with Crippen molar-refractivity contribution in [2.75, 3.05) is 6.26 Å². The van der Waals surface area contributed by atoms with Gasteiger partial charge in [0, 0.05) is 16.3 Å². The minimum absolute atomic E-state index is 0.169. The van der Waals surface area contributed by atoms with Gasteiger partial charge in [-0.3, -0.25) is 4.79 Å². The lowest BCUT2D eigenvalue weighted by molar-refractivity contribution is 0.0939. The van der Waals surface area contributed by atoms with Crippen molar-refractivity contribution in [3.8, 4) is 0 Å². The van der Waals surface area contributed by atoms with Gasteiger partial charge in [-0.2, -0.15) is 0 Å². The van der Waals surface area contributed by atoms with Gasteiger partial charge >= 0.3 is 0 Å². The Hall–Kier alpha value is -1.66. The summed E-state index contributed by atoms with van der Waals surface area (Å²) in [6, 6.07) is 13.4. The molecule has 0 aliphatic carbocycles. The molecule has 0 bridgehead atoms. The highest BCUT2D eigenvalue weighted by molar-refractivity contribution is 9.10. The summed E-state index contributed by atoms with van der Waals surface area (Å²) in [6.07, 6.45) is 1.14. The van der Waals surface area contributed by atoms with Gasteiger partial charge in [0.1, 0.15) is 0 Å². The summed E-state index contributed by atoms with van der Waals surface area (Å²) in [6.45, 7) is 1.89. The van der Waals surface area contributed by atoms with Crippen molar-refractivity contribution in [3.05, 3.63) is 64.1 Å². The molecule has 0 aromatic heterocycles. The summed E-state index contributed by atoms with van der Waals surface area (Å²) in [4.78, 5) is 12.4. The van der Waals surface area contributed by atoms with Crippen molar-refractivity contribution < 1.29 is 13.2 Å². The number of benzene rings is 2. The number of halogens is 1. The van der Waals surface area contributed by atoms with Crippen molar-refractivity contribution in [2.45, 2.75) is 17.9 Å². The molecule has 6 heteroatoms. The highest BCUT2D eigenvalue weighted by Gasteiger charge is 2.14. The predicted molar refractivity (Wildman–Crippen MR) is 89.6 cm³/mol. The van der Waals surface area contributed by atoms with Gasteiger partial charge in [0.2, 0.25) is 0 Å². The van der Waals surface area contributed by atoms with Crippen LogP contribution in [0.3, 0.4) is 0 Å². The molecule has 1 N–H and O–H groups in total. The first-order valence-corrected chi connectivity index (χ1v) is 9.33. The number of hydrogen-bond donors (Lipinski definition) is 1. The number of hydrogen-bond acceptors (Lipinski definition) is 3. The lowest BCUT2D eigenvalue weighted by atomic mass is 10.1. The molecule has 2 aromatic carbocycles. The summed E-state index contributed by atoms with van der Waals surface area (Å²) in [5.41, 5.74) is 1.40. The number of nitrogens with one attached hydrogen (secondary N) is 1. The molecule has 116 valence electrons. The Bertz CT molecular complexity index is 785. The van der Waals surface area contributed by atoms with Crippen LogP contribution in [0.25, 0.3) is 0 Å². The van der Waals surface area contributed by atoms with E-state index in [4.69, 9.17) is 0 Å².